The SMILES string of the molecule is O=C(CCC(=O)c1cccs1)OCC(=O)c1ccc(N2CCCC2=O)cc1. The van der Waals surface area contributed by atoms with Gasteiger partial charge in [-0.3, -0.25) is 19.2 Å². The van der Waals surface area contributed by atoms with E-state index in [0.717, 1.165) is 12.1 Å². The van der Waals surface area contributed by atoms with E-state index >= 15 is 0 Å². The van der Waals surface area contributed by atoms with Gasteiger partial charge in [-0.1, -0.05) is 6.07 Å². The first kappa shape index (κ1) is 19.0. The molecule has 2 aromatic rings. The van der Waals surface area contributed by atoms with Crippen LogP contribution in [0.25, 0.3) is 0 Å². The number of ether oxygens (including phenoxy) is 1. The van der Waals surface area contributed by atoms with Crippen LogP contribution in [-0.2, 0) is 14.3 Å². The number of benzene rings is 1. The molecule has 1 aliphatic rings. The van der Waals surface area contributed by atoms with E-state index in [4.69, 9.17) is 4.74 Å². The predicted octanol–water partition coefficient (Wildman–Crippen LogP) is 3.26. The number of esters is 1. The van der Waals surface area contributed by atoms with Gasteiger partial charge in [0.2, 0.25) is 5.91 Å². The average molecular weight is 385 g/mol. The number of anilines is 1. The molecule has 1 aromatic heterocycles. The standard InChI is InChI=1S/C20H19NO5S/c22-16(18-3-2-12-27-18)9-10-20(25)26-13-17(23)14-5-7-15(8-6-14)21-11-1-4-19(21)24/h2-3,5-8,12H,1,4,9-11,13H2. The molecule has 0 saturated carbocycles. The van der Waals surface area contributed by atoms with E-state index in [-0.39, 0.29) is 36.9 Å². The number of nitrogens with zero attached hydrogens (tertiary/aromatic N) is 1. The van der Waals surface area contributed by atoms with Crippen LogP contribution in [0, 0.1) is 0 Å². The number of hydrogen-bond donors (Lipinski definition) is 0. The first-order valence-corrected chi connectivity index (χ1v) is 9.58. The lowest BCUT2D eigenvalue weighted by Crippen LogP contribution is -2.23. The van der Waals surface area contributed by atoms with Gasteiger partial charge < -0.3 is 9.64 Å². The highest BCUT2D eigenvalue weighted by molar-refractivity contribution is 7.12. The zero-order valence-corrected chi connectivity index (χ0v) is 15.5. The summed E-state index contributed by atoms with van der Waals surface area (Å²) < 4.78 is 4.97. The maximum absolute atomic E-state index is 12.1. The molecule has 0 radical (unpaired) electrons. The third kappa shape index (κ3) is 4.89. The van der Waals surface area contributed by atoms with Crippen LogP contribution in [0.1, 0.15) is 45.7 Å². The monoisotopic (exact) mass is 385 g/mol. The van der Waals surface area contributed by atoms with Gasteiger partial charge in [-0.15, -0.1) is 11.3 Å². The maximum atomic E-state index is 12.1. The Morgan fingerprint density at radius 1 is 1.04 bits per heavy atom. The Bertz CT molecular complexity index is 842. The molecule has 0 unspecified atom stereocenters. The van der Waals surface area contributed by atoms with E-state index in [1.54, 1.807) is 46.7 Å². The molecule has 3 rings (SSSR count). The minimum absolute atomic E-state index is 0.0555. The van der Waals surface area contributed by atoms with E-state index < -0.39 is 5.97 Å². The number of ketones is 2. The fourth-order valence-electron chi connectivity index (χ4n) is 2.83. The van der Waals surface area contributed by atoms with Gasteiger partial charge in [0.25, 0.3) is 0 Å². The van der Waals surface area contributed by atoms with Gasteiger partial charge in [0.1, 0.15) is 0 Å². The lowest BCUT2D eigenvalue weighted by atomic mass is 10.1. The molecule has 7 heteroatoms. The molecule has 1 amide bonds. The second-order valence-electron chi connectivity index (χ2n) is 6.18. The number of carbonyl (C=O) groups excluding carboxylic acids is 4. The Labute approximate surface area is 160 Å². The van der Waals surface area contributed by atoms with E-state index in [2.05, 4.69) is 0 Å². The lowest BCUT2D eigenvalue weighted by molar-refractivity contribution is -0.142. The molecule has 140 valence electrons. The fraction of sp³-hybridized carbons (Fsp3) is 0.300. The summed E-state index contributed by atoms with van der Waals surface area (Å²) in [7, 11) is 0. The Kier molecular flexibility index (Phi) is 6.13. The highest BCUT2D eigenvalue weighted by Gasteiger charge is 2.21. The van der Waals surface area contributed by atoms with Gasteiger partial charge in [-0.2, -0.15) is 0 Å². The number of thiophene rings is 1. The summed E-state index contributed by atoms with van der Waals surface area (Å²) in [4.78, 5) is 49.8. The van der Waals surface area contributed by atoms with E-state index in [9.17, 15) is 19.2 Å². The van der Waals surface area contributed by atoms with Crippen molar-refractivity contribution < 1.29 is 23.9 Å². The topological polar surface area (TPSA) is 80.8 Å². The minimum Gasteiger partial charge on any atom is -0.457 e. The zero-order valence-electron chi connectivity index (χ0n) is 14.7. The van der Waals surface area contributed by atoms with E-state index in [1.165, 1.54) is 11.3 Å². The number of Topliss-reactive ketones (excluding diaryl/α,β-unsaturated/α-hetero) is 2. The molecule has 1 aromatic carbocycles. The summed E-state index contributed by atoms with van der Waals surface area (Å²) in [6.45, 7) is 0.321. The highest BCUT2D eigenvalue weighted by Crippen LogP contribution is 2.21. The summed E-state index contributed by atoms with van der Waals surface area (Å²) in [6, 6.07) is 10.2. The Morgan fingerprint density at radius 3 is 2.44 bits per heavy atom. The van der Waals surface area contributed by atoms with Crippen LogP contribution in [0.5, 0.6) is 0 Å². The fourth-order valence-corrected chi connectivity index (χ4v) is 3.52. The third-order valence-electron chi connectivity index (χ3n) is 4.29. The van der Waals surface area contributed by atoms with Crippen LogP contribution in [0.2, 0.25) is 0 Å². The van der Waals surface area contributed by atoms with Crippen LogP contribution in [0.3, 0.4) is 0 Å². The Morgan fingerprint density at radius 2 is 1.81 bits per heavy atom. The Hall–Kier alpha value is -2.80. The van der Waals surface area contributed by atoms with Gasteiger partial charge in [0.15, 0.2) is 18.2 Å². The molecule has 1 aliphatic heterocycles. The largest absolute Gasteiger partial charge is 0.457 e. The van der Waals surface area contributed by atoms with Crippen molar-refractivity contribution in [3.63, 3.8) is 0 Å². The quantitative estimate of drug-likeness (QED) is 0.515. The van der Waals surface area contributed by atoms with Crippen LogP contribution in [-0.4, -0.2) is 36.6 Å². The molecule has 0 spiro atoms. The second-order valence-corrected chi connectivity index (χ2v) is 7.13. The Balaban J connectivity index is 1.45. The summed E-state index contributed by atoms with van der Waals surface area (Å²) >= 11 is 1.33. The van der Waals surface area contributed by atoms with Crippen molar-refractivity contribution >= 4 is 40.5 Å². The summed E-state index contributed by atoms with van der Waals surface area (Å²) in [5.41, 5.74) is 1.17. The average Bonchev–Trinajstić information content (AvgIpc) is 3.36. The molecule has 1 saturated heterocycles. The molecule has 0 bridgehead atoms. The van der Waals surface area contributed by atoms with Crippen LogP contribution < -0.4 is 4.90 Å². The van der Waals surface area contributed by atoms with Gasteiger partial charge in [-0.25, -0.2) is 0 Å². The maximum Gasteiger partial charge on any atom is 0.306 e. The summed E-state index contributed by atoms with van der Waals surface area (Å²) in [6.07, 6.45) is 1.39. The number of hydrogen-bond acceptors (Lipinski definition) is 6. The first-order valence-electron chi connectivity index (χ1n) is 8.70. The van der Waals surface area contributed by atoms with Crippen molar-refractivity contribution in [3.05, 3.63) is 52.2 Å². The van der Waals surface area contributed by atoms with Crippen molar-refractivity contribution in [3.8, 4) is 0 Å². The van der Waals surface area contributed by atoms with Crippen molar-refractivity contribution in [2.24, 2.45) is 0 Å². The van der Waals surface area contributed by atoms with Crippen LogP contribution in [0.15, 0.2) is 41.8 Å². The number of amides is 1. The smallest absolute Gasteiger partial charge is 0.306 e. The van der Waals surface area contributed by atoms with Crippen molar-refractivity contribution in [1.82, 2.24) is 0 Å². The summed E-state index contributed by atoms with van der Waals surface area (Å²) in [5.74, 6) is -0.930. The lowest BCUT2D eigenvalue weighted by Gasteiger charge is -2.15. The molecule has 6 nitrogen and oxygen atoms in total. The molecule has 0 atom stereocenters. The predicted molar refractivity (Wildman–Crippen MR) is 101 cm³/mol. The summed E-state index contributed by atoms with van der Waals surface area (Å²) in [5, 5.41) is 1.80. The molecule has 0 aliphatic carbocycles. The van der Waals surface area contributed by atoms with Gasteiger partial charge in [0, 0.05) is 30.6 Å². The normalized spacial score (nSPS) is 13.6. The third-order valence-corrected chi connectivity index (χ3v) is 5.20. The van der Waals surface area contributed by atoms with E-state index in [0.29, 0.717) is 23.4 Å². The van der Waals surface area contributed by atoms with E-state index in [1.807, 2.05) is 0 Å². The molecule has 0 N–H and O–H groups in total. The molecule has 2 heterocycles. The first-order chi connectivity index (χ1) is 13.0. The van der Waals surface area contributed by atoms with Gasteiger partial charge >= 0.3 is 5.97 Å². The number of rotatable bonds is 8. The number of carbonyl (C=O) groups is 4. The zero-order chi connectivity index (χ0) is 19.2. The van der Waals surface area contributed by atoms with Crippen LogP contribution in [0.4, 0.5) is 5.69 Å². The van der Waals surface area contributed by atoms with Crippen molar-refractivity contribution in [2.45, 2.75) is 25.7 Å². The molecular weight excluding hydrogens is 366 g/mol. The van der Waals surface area contributed by atoms with Crippen LogP contribution >= 0.6 is 11.3 Å². The van der Waals surface area contributed by atoms with Crippen molar-refractivity contribution in [1.29, 1.82) is 0 Å². The molecular formula is C20H19NO5S. The molecule has 1 fully saturated rings. The molecule has 27 heavy (non-hydrogen) atoms. The minimum atomic E-state index is -0.576. The van der Waals surface area contributed by atoms with Gasteiger partial charge in [-0.05, 0) is 42.1 Å². The van der Waals surface area contributed by atoms with Gasteiger partial charge in [0.05, 0.1) is 11.3 Å². The second kappa shape index (κ2) is 8.73. The van der Waals surface area contributed by atoms with Crippen molar-refractivity contribution in [2.75, 3.05) is 18.1 Å². The highest BCUT2D eigenvalue weighted by atomic mass is 32.1.